The van der Waals surface area contributed by atoms with E-state index in [4.69, 9.17) is 9.47 Å². The van der Waals surface area contributed by atoms with Gasteiger partial charge in [-0.1, -0.05) is 0 Å². The predicted molar refractivity (Wildman–Crippen MR) is 76.4 cm³/mol. The molecule has 3 rings (SSSR count). The Morgan fingerprint density at radius 3 is 2.65 bits per heavy atom. The minimum atomic E-state index is -0.281. The number of hydrogen-bond donors (Lipinski definition) is 0. The lowest BCUT2D eigenvalue weighted by molar-refractivity contribution is 0.0712. The van der Waals surface area contributed by atoms with Gasteiger partial charge in [-0.15, -0.1) is 0 Å². The van der Waals surface area contributed by atoms with Crippen LogP contribution in [0.5, 0.6) is 11.5 Å². The van der Waals surface area contributed by atoms with E-state index in [0.29, 0.717) is 22.7 Å². The van der Waals surface area contributed by atoms with E-state index in [1.807, 2.05) is 11.1 Å². The number of carbonyl (C=O) groups excluding carboxylic acids is 1. The molecule has 2 aliphatic rings. The van der Waals surface area contributed by atoms with Crippen molar-refractivity contribution in [2.45, 2.75) is 25.3 Å². The van der Waals surface area contributed by atoms with E-state index in [-0.39, 0.29) is 11.4 Å². The number of carbonyl (C=O) groups is 1. The second kappa shape index (κ2) is 4.51. The monoisotopic (exact) mass is 274 g/mol. The molecule has 0 bridgehead atoms. The van der Waals surface area contributed by atoms with Crippen molar-refractivity contribution in [1.29, 1.82) is 0 Å². The molecule has 0 saturated carbocycles. The third-order valence-electron chi connectivity index (χ3n) is 4.14. The van der Waals surface area contributed by atoms with Gasteiger partial charge in [0, 0.05) is 18.8 Å². The molecule has 1 aromatic carbocycles. The van der Waals surface area contributed by atoms with Crippen LogP contribution in [0.15, 0.2) is 17.1 Å². The van der Waals surface area contributed by atoms with Crippen molar-refractivity contribution in [3.05, 3.63) is 17.7 Å². The van der Waals surface area contributed by atoms with Crippen LogP contribution in [0.4, 0.5) is 5.69 Å². The molecule has 1 unspecified atom stereocenters. The third-order valence-corrected chi connectivity index (χ3v) is 4.14. The van der Waals surface area contributed by atoms with Crippen molar-refractivity contribution in [2.75, 3.05) is 20.8 Å². The summed E-state index contributed by atoms with van der Waals surface area (Å²) in [6.45, 7) is 2.83. The van der Waals surface area contributed by atoms with Crippen molar-refractivity contribution >= 4 is 17.8 Å². The molecular weight excluding hydrogens is 256 g/mol. The van der Waals surface area contributed by atoms with Crippen molar-refractivity contribution < 1.29 is 14.3 Å². The molecule has 2 aliphatic heterocycles. The summed E-state index contributed by atoms with van der Waals surface area (Å²) in [5, 5.41) is 0. The molecule has 5 heteroatoms. The van der Waals surface area contributed by atoms with E-state index in [1.54, 1.807) is 26.4 Å². The van der Waals surface area contributed by atoms with Crippen LogP contribution in [0.2, 0.25) is 0 Å². The van der Waals surface area contributed by atoms with Gasteiger partial charge in [0.1, 0.15) is 0 Å². The molecule has 5 nitrogen and oxygen atoms in total. The first-order valence-electron chi connectivity index (χ1n) is 6.72. The van der Waals surface area contributed by atoms with Crippen LogP contribution in [0.25, 0.3) is 0 Å². The predicted octanol–water partition coefficient (Wildman–Crippen LogP) is 2.41. The van der Waals surface area contributed by atoms with Crippen LogP contribution in [0.1, 0.15) is 30.1 Å². The highest BCUT2D eigenvalue weighted by Gasteiger charge is 2.41. The molecule has 0 N–H and O–H groups in total. The smallest absolute Gasteiger partial charge is 0.256 e. The van der Waals surface area contributed by atoms with Gasteiger partial charge in [0.15, 0.2) is 11.5 Å². The largest absolute Gasteiger partial charge is 0.493 e. The van der Waals surface area contributed by atoms with Crippen molar-refractivity contribution in [1.82, 2.24) is 4.90 Å². The average molecular weight is 274 g/mol. The number of nitrogens with zero attached hydrogens (tertiary/aromatic N) is 2. The zero-order valence-electron chi connectivity index (χ0n) is 12.0. The fourth-order valence-electron chi connectivity index (χ4n) is 2.95. The van der Waals surface area contributed by atoms with Gasteiger partial charge in [0.25, 0.3) is 5.91 Å². The Bertz CT molecular complexity index is 597. The summed E-state index contributed by atoms with van der Waals surface area (Å²) in [5.41, 5.74) is 0.934. The Morgan fingerprint density at radius 1 is 1.25 bits per heavy atom. The summed E-state index contributed by atoms with van der Waals surface area (Å²) in [7, 11) is 3.14. The summed E-state index contributed by atoms with van der Waals surface area (Å²) in [5.74, 6) is 1.15. The summed E-state index contributed by atoms with van der Waals surface area (Å²) in [6, 6.07) is 3.48. The van der Waals surface area contributed by atoms with Crippen LogP contribution in [-0.2, 0) is 0 Å². The van der Waals surface area contributed by atoms with Gasteiger partial charge in [0.05, 0.1) is 31.0 Å². The van der Waals surface area contributed by atoms with Gasteiger partial charge in [-0.2, -0.15) is 0 Å². The molecular formula is C15H18N2O3. The van der Waals surface area contributed by atoms with Crippen molar-refractivity contribution in [3.8, 4) is 11.5 Å². The van der Waals surface area contributed by atoms with Gasteiger partial charge in [-0.05, 0) is 25.8 Å². The second-order valence-electron chi connectivity index (χ2n) is 5.40. The molecule has 1 aromatic rings. The summed E-state index contributed by atoms with van der Waals surface area (Å²) in [6.07, 6.45) is 3.84. The average Bonchev–Trinajstić information content (AvgIpc) is 2.81. The molecule has 0 aromatic heterocycles. The highest BCUT2D eigenvalue weighted by Crippen LogP contribution is 2.40. The number of hydrogen-bond acceptors (Lipinski definition) is 4. The summed E-state index contributed by atoms with van der Waals surface area (Å²) in [4.78, 5) is 19.2. The van der Waals surface area contributed by atoms with Crippen molar-refractivity contribution in [3.63, 3.8) is 0 Å². The van der Waals surface area contributed by atoms with Crippen LogP contribution >= 0.6 is 0 Å². The molecule has 20 heavy (non-hydrogen) atoms. The molecule has 2 heterocycles. The van der Waals surface area contributed by atoms with E-state index in [1.165, 1.54) is 0 Å². The maximum Gasteiger partial charge on any atom is 0.256 e. The number of fused-ring (bicyclic) bond motifs is 2. The first-order valence-corrected chi connectivity index (χ1v) is 6.72. The fraction of sp³-hybridized carbons (Fsp3) is 0.467. The van der Waals surface area contributed by atoms with E-state index in [0.717, 1.165) is 19.4 Å². The Morgan fingerprint density at radius 2 is 1.95 bits per heavy atom. The van der Waals surface area contributed by atoms with Gasteiger partial charge >= 0.3 is 0 Å². The lowest BCUT2D eigenvalue weighted by Crippen LogP contribution is -2.45. The number of benzene rings is 1. The summed E-state index contributed by atoms with van der Waals surface area (Å²) >= 11 is 0. The van der Waals surface area contributed by atoms with Gasteiger partial charge in [-0.25, -0.2) is 0 Å². The normalized spacial score (nSPS) is 24.1. The van der Waals surface area contributed by atoms with Gasteiger partial charge in [-0.3, -0.25) is 9.79 Å². The maximum atomic E-state index is 12.7. The summed E-state index contributed by atoms with van der Waals surface area (Å²) < 4.78 is 10.6. The van der Waals surface area contributed by atoms with E-state index >= 15 is 0 Å². The minimum Gasteiger partial charge on any atom is -0.493 e. The zero-order valence-corrected chi connectivity index (χ0v) is 12.0. The molecule has 0 spiro atoms. The Hall–Kier alpha value is -2.04. The number of methoxy groups -OCH3 is 2. The van der Waals surface area contributed by atoms with E-state index < -0.39 is 0 Å². The standard InChI is InChI=1S/C15H18N2O3/c1-15-5-4-6-17(15)14(18)10-7-12(19-2)13(20-3)8-11(10)16-9-15/h7-9H,4-6H2,1-3H3. The van der Waals surface area contributed by atoms with Crippen LogP contribution in [0, 0.1) is 0 Å². The van der Waals surface area contributed by atoms with E-state index in [2.05, 4.69) is 11.9 Å². The molecule has 1 amide bonds. The first kappa shape index (κ1) is 13.0. The lowest BCUT2D eigenvalue weighted by Gasteiger charge is -2.30. The Balaban J connectivity index is 2.15. The number of aliphatic imine (C=N–C) groups is 1. The number of ether oxygens (including phenoxy) is 2. The topological polar surface area (TPSA) is 51.1 Å². The quantitative estimate of drug-likeness (QED) is 0.832. The highest BCUT2D eigenvalue weighted by molar-refractivity contribution is 6.04. The van der Waals surface area contributed by atoms with Gasteiger partial charge in [0.2, 0.25) is 0 Å². The SMILES string of the molecule is COc1cc2c(cc1OC)C(=O)N1CCCC1(C)C=N2. The van der Waals surface area contributed by atoms with Crippen molar-refractivity contribution in [2.24, 2.45) is 4.99 Å². The van der Waals surface area contributed by atoms with Gasteiger partial charge < -0.3 is 14.4 Å². The Kier molecular flexibility index (Phi) is 2.92. The third kappa shape index (κ3) is 1.77. The Labute approximate surface area is 118 Å². The zero-order chi connectivity index (χ0) is 14.3. The minimum absolute atomic E-state index is 0.0125. The fourth-order valence-corrected chi connectivity index (χ4v) is 2.95. The molecule has 106 valence electrons. The molecule has 1 saturated heterocycles. The van der Waals surface area contributed by atoms with Crippen LogP contribution in [-0.4, -0.2) is 43.3 Å². The van der Waals surface area contributed by atoms with E-state index in [9.17, 15) is 4.79 Å². The molecule has 1 fully saturated rings. The highest BCUT2D eigenvalue weighted by atomic mass is 16.5. The molecule has 0 radical (unpaired) electrons. The molecule has 0 aliphatic carbocycles. The second-order valence-corrected chi connectivity index (χ2v) is 5.40. The number of rotatable bonds is 2. The number of amides is 1. The van der Waals surface area contributed by atoms with Crippen LogP contribution < -0.4 is 9.47 Å². The lowest BCUT2D eigenvalue weighted by atomic mass is 10.0. The maximum absolute atomic E-state index is 12.7. The van der Waals surface area contributed by atoms with Crippen LogP contribution in [0.3, 0.4) is 0 Å². The first-order chi connectivity index (χ1) is 9.59. The molecule has 1 atom stereocenters.